The average Bonchev–Trinajstić information content (AvgIpc) is 2.13. The van der Waals surface area contributed by atoms with Crippen molar-refractivity contribution in [2.45, 2.75) is 51.4 Å². The lowest BCUT2D eigenvalue weighted by Crippen LogP contribution is -2.28. The molecule has 96 valence electrons. The maximum absolute atomic E-state index is 4.35. The van der Waals surface area contributed by atoms with Crippen molar-refractivity contribution < 1.29 is 0 Å². The van der Waals surface area contributed by atoms with E-state index >= 15 is 0 Å². The van der Waals surface area contributed by atoms with Gasteiger partial charge in [-0.2, -0.15) is 15.0 Å². The first kappa shape index (κ1) is 14.0. The Kier molecular flexibility index (Phi) is 4.56. The SMILES string of the molecule is CSc1nc(NC(C)C)nc(NC(C)(C)C)n1. The van der Waals surface area contributed by atoms with Crippen LogP contribution in [0.3, 0.4) is 0 Å². The van der Waals surface area contributed by atoms with Crippen molar-refractivity contribution in [3.8, 4) is 0 Å². The molecule has 17 heavy (non-hydrogen) atoms. The summed E-state index contributed by atoms with van der Waals surface area (Å²) < 4.78 is 0. The third-order valence-corrected chi connectivity index (χ3v) is 2.25. The summed E-state index contributed by atoms with van der Waals surface area (Å²) in [6.07, 6.45) is 1.95. The number of anilines is 2. The highest BCUT2D eigenvalue weighted by atomic mass is 32.2. The van der Waals surface area contributed by atoms with Crippen molar-refractivity contribution in [2.75, 3.05) is 16.9 Å². The molecule has 0 radical (unpaired) electrons. The Bertz CT molecular complexity index is 373. The van der Waals surface area contributed by atoms with E-state index in [-0.39, 0.29) is 5.54 Å². The summed E-state index contributed by atoms with van der Waals surface area (Å²) in [5.74, 6) is 1.23. The lowest BCUT2D eigenvalue weighted by molar-refractivity contribution is 0.622. The normalized spacial score (nSPS) is 11.7. The molecule has 0 aliphatic rings. The predicted molar refractivity (Wildman–Crippen MR) is 73.7 cm³/mol. The molecule has 0 aromatic carbocycles. The van der Waals surface area contributed by atoms with Crippen LogP contribution in [0, 0.1) is 0 Å². The van der Waals surface area contributed by atoms with Crippen LogP contribution in [0.25, 0.3) is 0 Å². The van der Waals surface area contributed by atoms with E-state index in [4.69, 9.17) is 0 Å². The van der Waals surface area contributed by atoms with Gasteiger partial charge in [0, 0.05) is 11.6 Å². The van der Waals surface area contributed by atoms with Crippen molar-refractivity contribution in [1.29, 1.82) is 0 Å². The van der Waals surface area contributed by atoms with Gasteiger partial charge in [-0.05, 0) is 40.9 Å². The molecule has 0 bridgehead atoms. The minimum Gasteiger partial charge on any atom is -0.352 e. The lowest BCUT2D eigenvalue weighted by Gasteiger charge is -2.21. The van der Waals surface area contributed by atoms with Crippen LogP contribution in [0.1, 0.15) is 34.6 Å². The fraction of sp³-hybridized carbons (Fsp3) is 0.727. The predicted octanol–water partition coefficient (Wildman–Crippen LogP) is 2.62. The van der Waals surface area contributed by atoms with Crippen molar-refractivity contribution in [3.05, 3.63) is 0 Å². The highest BCUT2D eigenvalue weighted by molar-refractivity contribution is 7.98. The molecule has 1 rings (SSSR count). The number of nitrogens with zero attached hydrogens (tertiary/aromatic N) is 3. The second-order valence-electron chi connectivity index (χ2n) is 5.14. The number of rotatable bonds is 4. The summed E-state index contributed by atoms with van der Waals surface area (Å²) in [5, 5.41) is 7.16. The van der Waals surface area contributed by atoms with E-state index in [1.807, 2.05) is 6.26 Å². The van der Waals surface area contributed by atoms with Crippen LogP contribution in [0.2, 0.25) is 0 Å². The Morgan fingerprint density at radius 1 is 1.06 bits per heavy atom. The van der Waals surface area contributed by atoms with Crippen molar-refractivity contribution in [3.63, 3.8) is 0 Å². The zero-order valence-corrected chi connectivity index (χ0v) is 12.1. The quantitative estimate of drug-likeness (QED) is 0.806. The molecule has 0 aliphatic carbocycles. The smallest absolute Gasteiger partial charge is 0.228 e. The summed E-state index contributed by atoms with van der Waals surface area (Å²) in [5.41, 5.74) is -0.0634. The Hall–Kier alpha value is -1.04. The zero-order chi connectivity index (χ0) is 13.1. The molecule has 0 aliphatic heterocycles. The van der Waals surface area contributed by atoms with Gasteiger partial charge in [0.25, 0.3) is 0 Å². The molecule has 0 saturated carbocycles. The molecular formula is C11H21N5S. The topological polar surface area (TPSA) is 62.7 Å². The Labute approximate surface area is 107 Å². The Morgan fingerprint density at radius 3 is 2.12 bits per heavy atom. The van der Waals surface area contributed by atoms with E-state index in [1.165, 1.54) is 11.8 Å². The number of nitrogens with one attached hydrogen (secondary N) is 2. The van der Waals surface area contributed by atoms with Crippen LogP contribution in [-0.4, -0.2) is 32.8 Å². The van der Waals surface area contributed by atoms with Crippen LogP contribution in [0.15, 0.2) is 5.16 Å². The molecule has 1 heterocycles. The van der Waals surface area contributed by atoms with Gasteiger partial charge in [0.05, 0.1) is 0 Å². The minimum atomic E-state index is -0.0634. The van der Waals surface area contributed by atoms with Gasteiger partial charge >= 0.3 is 0 Å². The second-order valence-corrected chi connectivity index (χ2v) is 5.92. The van der Waals surface area contributed by atoms with Gasteiger partial charge in [-0.15, -0.1) is 0 Å². The standard InChI is InChI=1S/C11H21N5S/c1-7(2)12-8-13-9(16-11(3,4)5)15-10(14-8)17-6/h7H,1-6H3,(H2,12,13,14,15,16). The van der Waals surface area contributed by atoms with Crippen molar-refractivity contribution in [1.82, 2.24) is 15.0 Å². The maximum Gasteiger partial charge on any atom is 0.228 e. The van der Waals surface area contributed by atoms with E-state index in [9.17, 15) is 0 Å². The number of thioether (sulfide) groups is 1. The largest absolute Gasteiger partial charge is 0.352 e. The molecule has 0 spiro atoms. The molecule has 2 N–H and O–H groups in total. The molecule has 0 amide bonds. The highest BCUT2D eigenvalue weighted by Crippen LogP contribution is 2.16. The van der Waals surface area contributed by atoms with E-state index < -0.39 is 0 Å². The molecule has 5 nitrogen and oxygen atoms in total. The summed E-state index contributed by atoms with van der Waals surface area (Å²) in [7, 11) is 0. The van der Waals surface area contributed by atoms with Gasteiger partial charge < -0.3 is 10.6 Å². The van der Waals surface area contributed by atoms with Crippen molar-refractivity contribution >= 4 is 23.7 Å². The van der Waals surface area contributed by atoms with E-state index in [2.05, 4.69) is 60.2 Å². The Morgan fingerprint density at radius 2 is 1.65 bits per heavy atom. The van der Waals surface area contributed by atoms with Crippen molar-refractivity contribution in [2.24, 2.45) is 0 Å². The number of hydrogen-bond donors (Lipinski definition) is 2. The van der Waals surface area contributed by atoms with Gasteiger partial charge in [-0.3, -0.25) is 0 Å². The molecule has 1 aromatic heterocycles. The lowest BCUT2D eigenvalue weighted by atomic mass is 10.1. The van der Waals surface area contributed by atoms with E-state index in [0.717, 1.165) is 5.16 Å². The summed E-state index contributed by atoms with van der Waals surface area (Å²) in [6, 6.07) is 0.301. The summed E-state index contributed by atoms with van der Waals surface area (Å²) in [4.78, 5) is 13.0. The zero-order valence-electron chi connectivity index (χ0n) is 11.3. The van der Waals surface area contributed by atoms with Crippen LogP contribution in [0.5, 0.6) is 0 Å². The first-order valence-corrected chi connectivity index (χ1v) is 6.87. The monoisotopic (exact) mass is 255 g/mol. The van der Waals surface area contributed by atoms with Gasteiger partial charge in [0.15, 0.2) is 5.16 Å². The third kappa shape index (κ3) is 5.21. The third-order valence-electron chi connectivity index (χ3n) is 1.70. The van der Waals surface area contributed by atoms with E-state index in [1.54, 1.807) is 0 Å². The molecule has 1 aromatic rings. The molecule has 6 heteroatoms. The van der Waals surface area contributed by atoms with E-state index in [0.29, 0.717) is 17.9 Å². The van der Waals surface area contributed by atoms with Crippen LogP contribution in [-0.2, 0) is 0 Å². The first-order chi connectivity index (χ1) is 7.80. The summed E-state index contributed by atoms with van der Waals surface area (Å²) >= 11 is 1.51. The van der Waals surface area contributed by atoms with Crippen LogP contribution in [0.4, 0.5) is 11.9 Å². The number of hydrogen-bond acceptors (Lipinski definition) is 6. The minimum absolute atomic E-state index is 0.0634. The fourth-order valence-electron chi connectivity index (χ4n) is 1.16. The first-order valence-electron chi connectivity index (χ1n) is 5.65. The second kappa shape index (κ2) is 5.53. The molecular weight excluding hydrogens is 234 g/mol. The fourth-order valence-corrected chi connectivity index (χ4v) is 1.52. The summed E-state index contributed by atoms with van der Waals surface area (Å²) in [6.45, 7) is 10.3. The highest BCUT2D eigenvalue weighted by Gasteiger charge is 2.13. The van der Waals surface area contributed by atoms with Gasteiger partial charge in [0.2, 0.25) is 11.9 Å². The maximum atomic E-state index is 4.35. The van der Waals surface area contributed by atoms with Gasteiger partial charge in [0.1, 0.15) is 0 Å². The number of aromatic nitrogens is 3. The van der Waals surface area contributed by atoms with Gasteiger partial charge in [-0.1, -0.05) is 11.8 Å². The van der Waals surface area contributed by atoms with Gasteiger partial charge in [-0.25, -0.2) is 0 Å². The molecule has 0 saturated heterocycles. The molecule has 0 fully saturated rings. The van der Waals surface area contributed by atoms with Crippen LogP contribution < -0.4 is 10.6 Å². The van der Waals surface area contributed by atoms with Crippen LogP contribution >= 0.6 is 11.8 Å². The Balaban J connectivity index is 2.97. The average molecular weight is 255 g/mol. The molecule has 0 atom stereocenters. The molecule has 0 unspecified atom stereocenters.